The third-order valence-corrected chi connectivity index (χ3v) is 8.74. The predicted octanol–water partition coefficient (Wildman–Crippen LogP) is 5.73. The summed E-state index contributed by atoms with van der Waals surface area (Å²) in [5, 5.41) is 2.48. The van der Waals surface area contributed by atoms with Gasteiger partial charge in [-0.25, -0.2) is 4.39 Å². The van der Waals surface area contributed by atoms with Crippen LogP contribution < -0.4 is 0 Å². The first-order valence-electron chi connectivity index (χ1n) is 13.1. The Kier molecular flexibility index (Phi) is 6.05. The number of pyridine rings is 1. The number of halogens is 1. The third-order valence-electron chi connectivity index (χ3n) is 8.74. The molecule has 0 N–H and O–H groups in total. The number of hydrogen-bond donors (Lipinski definition) is 0. The minimum atomic E-state index is -0.559. The molecular formula is C30H33FN2O2. The Hall–Kier alpha value is -2.79. The van der Waals surface area contributed by atoms with Gasteiger partial charge in [0.25, 0.3) is 0 Å². The van der Waals surface area contributed by atoms with Crippen LogP contribution in [0.25, 0.3) is 10.8 Å². The molecule has 1 amide bonds. The van der Waals surface area contributed by atoms with E-state index < -0.39 is 5.41 Å². The number of amides is 1. The molecule has 4 heterocycles. The van der Waals surface area contributed by atoms with Gasteiger partial charge in [-0.1, -0.05) is 36.4 Å². The molecule has 35 heavy (non-hydrogen) atoms. The summed E-state index contributed by atoms with van der Waals surface area (Å²) in [6.07, 6.45) is 10.9. The molecule has 2 bridgehead atoms. The van der Waals surface area contributed by atoms with E-state index in [-0.39, 0.29) is 11.7 Å². The highest BCUT2D eigenvalue weighted by atomic mass is 19.1. The summed E-state index contributed by atoms with van der Waals surface area (Å²) in [6, 6.07) is 16.1. The fourth-order valence-corrected chi connectivity index (χ4v) is 6.98. The topological polar surface area (TPSA) is 42.4 Å². The molecule has 3 saturated heterocycles. The third kappa shape index (κ3) is 4.24. The number of ether oxygens (including phenoxy) is 1. The molecule has 4 nitrogen and oxygen atoms in total. The van der Waals surface area contributed by atoms with Gasteiger partial charge in [0.2, 0.25) is 5.91 Å². The Balaban J connectivity index is 1.22. The van der Waals surface area contributed by atoms with Crippen LogP contribution in [0.15, 0.2) is 60.9 Å². The van der Waals surface area contributed by atoms with E-state index in [1.807, 2.05) is 24.5 Å². The molecule has 0 spiro atoms. The van der Waals surface area contributed by atoms with Gasteiger partial charge in [-0.15, -0.1) is 0 Å². The number of benzene rings is 2. The van der Waals surface area contributed by atoms with Crippen molar-refractivity contribution in [1.29, 1.82) is 0 Å². The maximum atomic E-state index is 14.6. The second kappa shape index (κ2) is 9.34. The van der Waals surface area contributed by atoms with Gasteiger partial charge in [0.05, 0.1) is 5.41 Å². The molecule has 2 atom stereocenters. The van der Waals surface area contributed by atoms with Crippen molar-refractivity contribution >= 4 is 16.7 Å². The molecule has 0 unspecified atom stereocenters. The van der Waals surface area contributed by atoms with Crippen molar-refractivity contribution in [2.24, 2.45) is 11.3 Å². The van der Waals surface area contributed by atoms with Crippen LogP contribution in [-0.4, -0.2) is 41.1 Å². The summed E-state index contributed by atoms with van der Waals surface area (Å²) in [7, 11) is 0. The van der Waals surface area contributed by atoms with Crippen molar-refractivity contribution in [2.75, 3.05) is 13.2 Å². The Bertz CT molecular complexity index is 1200. The van der Waals surface area contributed by atoms with Gasteiger partial charge in [-0.2, -0.15) is 0 Å². The van der Waals surface area contributed by atoms with Crippen molar-refractivity contribution in [3.05, 3.63) is 77.9 Å². The molecular weight excluding hydrogens is 439 g/mol. The quantitative estimate of drug-likeness (QED) is 0.477. The Labute approximate surface area is 206 Å². The second-order valence-corrected chi connectivity index (χ2v) is 10.8. The largest absolute Gasteiger partial charge is 0.381 e. The lowest BCUT2D eigenvalue weighted by molar-refractivity contribution is -0.153. The lowest BCUT2D eigenvalue weighted by atomic mass is 9.72. The monoisotopic (exact) mass is 472 g/mol. The van der Waals surface area contributed by atoms with Crippen molar-refractivity contribution in [1.82, 2.24) is 9.88 Å². The SMILES string of the molecule is O=C(N1[C@H]2CC[C@H]1CC(Cc1cccc3cnccc13)C2)C1(Cc2ccccc2F)CCOCC1. The van der Waals surface area contributed by atoms with Gasteiger partial charge >= 0.3 is 0 Å². The number of rotatable bonds is 5. The first kappa shape index (κ1) is 22.7. The number of fused-ring (bicyclic) bond motifs is 3. The number of piperidine rings is 1. The Morgan fingerprint density at radius 3 is 2.51 bits per heavy atom. The zero-order valence-electron chi connectivity index (χ0n) is 20.2. The van der Waals surface area contributed by atoms with E-state index in [9.17, 15) is 9.18 Å². The summed E-state index contributed by atoms with van der Waals surface area (Å²) in [4.78, 5) is 20.7. The van der Waals surface area contributed by atoms with Gasteiger partial charge in [-0.3, -0.25) is 9.78 Å². The number of nitrogens with zero attached hydrogens (tertiary/aromatic N) is 2. The number of hydrogen-bond acceptors (Lipinski definition) is 3. The molecule has 5 heteroatoms. The highest BCUT2D eigenvalue weighted by Gasteiger charge is 2.50. The van der Waals surface area contributed by atoms with Crippen LogP contribution in [0.1, 0.15) is 49.7 Å². The smallest absolute Gasteiger partial charge is 0.229 e. The van der Waals surface area contributed by atoms with Crippen LogP contribution in [-0.2, 0) is 22.4 Å². The average Bonchev–Trinajstić information content (AvgIpc) is 3.15. The average molecular weight is 473 g/mol. The Morgan fingerprint density at radius 2 is 1.74 bits per heavy atom. The fourth-order valence-electron chi connectivity index (χ4n) is 6.98. The minimum absolute atomic E-state index is 0.210. The van der Waals surface area contributed by atoms with Crippen LogP contribution in [0.5, 0.6) is 0 Å². The van der Waals surface area contributed by atoms with Gasteiger partial charge in [0.15, 0.2) is 0 Å². The van der Waals surface area contributed by atoms with E-state index in [2.05, 4.69) is 34.1 Å². The number of aromatic nitrogens is 1. The van der Waals surface area contributed by atoms with Crippen LogP contribution in [0, 0.1) is 17.2 Å². The second-order valence-electron chi connectivity index (χ2n) is 10.8. The molecule has 0 saturated carbocycles. The van der Waals surface area contributed by atoms with Crippen LogP contribution in [0.2, 0.25) is 0 Å². The lowest BCUT2D eigenvalue weighted by Gasteiger charge is -2.46. The minimum Gasteiger partial charge on any atom is -0.381 e. The van der Waals surface area contributed by atoms with Gasteiger partial charge < -0.3 is 9.64 Å². The van der Waals surface area contributed by atoms with E-state index in [4.69, 9.17) is 4.74 Å². The van der Waals surface area contributed by atoms with Crippen molar-refractivity contribution in [3.8, 4) is 0 Å². The molecule has 0 aliphatic carbocycles. The summed E-state index contributed by atoms with van der Waals surface area (Å²) < 4.78 is 20.2. The molecule has 3 fully saturated rings. The maximum absolute atomic E-state index is 14.6. The molecule has 6 rings (SSSR count). The van der Waals surface area contributed by atoms with Crippen LogP contribution in [0.3, 0.4) is 0 Å². The van der Waals surface area contributed by atoms with Crippen LogP contribution >= 0.6 is 0 Å². The van der Waals surface area contributed by atoms with Crippen molar-refractivity contribution in [2.45, 2.75) is 63.5 Å². The van der Waals surface area contributed by atoms with Gasteiger partial charge in [0.1, 0.15) is 5.82 Å². The molecule has 1 aromatic heterocycles. The maximum Gasteiger partial charge on any atom is 0.229 e. The zero-order chi connectivity index (χ0) is 23.8. The summed E-state index contributed by atoms with van der Waals surface area (Å²) in [5.41, 5.74) is 1.47. The highest BCUT2D eigenvalue weighted by molar-refractivity contribution is 5.85. The van der Waals surface area contributed by atoms with E-state index in [1.165, 1.54) is 22.4 Å². The first-order valence-corrected chi connectivity index (χ1v) is 13.1. The molecule has 2 aromatic carbocycles. The van der Waals surface area contributed by atoms with Gasteiger partial charge in [0, 0.05) is 43.1 Å². The van der Waals surface area contributed by atoms with E-state index in [0.717, 1.165) is 32.1 Å². The Morgan fingerprint density at radius 1 is 1.00 bits per heavy atom. The zero-order valence-corrected chi connectivity index (χ0v) is 20.2. The molecule has 3 aromatic rings. The summed E-state index contributed by atoms with van der Waals surface area (Å²) in [5.74, 6) is 0.608. The molecule has 182 valence electrons. The number of carbonyl (C=O) groups is 1. The fraction of sp³-hybridized carbons (Fsp3) is 0.467. The molecule has 3 aliphatic rings. The standard InChI is InChI=1S/C30H33FN2O2/c31-28-7-2-1-4-23(28)19-30(11-14-35-15-12-30)29(34)33-25-8-9-26(33)18-21(17-25)16-22-5-3-6-24-20-32-13-10-27(22)24/h1-7,10,13,20-21,25-26H,8-9,11-12,14-19H2/t25-,26-/m0/s1. The van der Waals surface area contributed by atoms with Gasteiger partial charge in [-0.05, 0) is 85.9 Å². The van der Waals surface area contributed by atoms with Crippen LogP contribution in [0.4, 0.5) is 4.39 Å². The summed E-state index contributed by atoms with van der Waals surface area (Å²) >= 11 is 0. The van der Waals surface area contributed by atoms with Crippen molar-refractivity contribution in [3.63, 3.8) is 0 Å². The van der Waals surface area contributed by atoms with E-state index in [1.54, 1.807) is 6.07 Å². The first-order chi connectivity index (χ1) is 17.1. The summed E-state index contributed by atoms with van der Waals surface area (Å²) in [6.45, 7) is 1.14. The number of carbonyl (C=O) groups excluding carboxylic acids is 1. The predicted molar refractivity (Wildman–Crippen MR) is 134 cm³/mol. The van der Waals surface area contributed by atoms with Crippen molar-refractivity contribution < 1.29 is 13.9 Å². The normalized spacial score (nSPS) is 25.6. The lowest BCUT2D eigenvalue weighted by Crippen LogP contribution is -2.55. The molecule has 0 radical (unpaired) electrons. The van der Waals surface area contributed by atoms with E-state index in [0.29, 0.717) is 56.0 Å². The molecule has 3 aliphatic heterocycles. The highest BCUT2D eigenvalue weighted by Crippen LogP contribution is 2.45. The van der Waals surface area contributed by atoms with E-state index >= 15 is 0 Å².